The number of unbranched alkanes of at least 4 members (excludes halogenated alkanes) is 34. The Bertz CT molecular complexity index is 530. The van der Waals surface area contributed by atoms with Crippen LogP contribution in [0.1, 0.15) is 258 Å². The zero-order chi connectivity index (χ0) is 32.0. The molecule has 0 spiro atoms. The number of hydrogen-bond acceptors (Lipinski definition) is 1. The highest BCUT2D eigenvalue weighted by Gasteiger charge is 2.16. The molecule has 0 radical (unpaired) electrons. The average Bonchev–Trinajstić information content (AvgIpc) is 3.02. The van der Waals surface area contributed by atoms with Crippen LogP contribution in [0.25, 0.3) is 0 Å². The maximum absolute atomic E-state index is 11.5. The van der Waals surface area contributed by atoms with Crippen molar-refractivity contribution in [2.45, 2.75) is 258 Å². The van der Waals surface area contributed by atoms with Gasteiger partial charge in [-0.3, -0.25) is 4.79 Å². The van der Waals surface area contributed by atoms with Crippen molar-refractivity contribution in [1.29, 1.82) is 0 Å². The Kier molecular flexibility index (Phi) is 38.2. The molecule has 2 nitrogen and oxygen atoms in total. The zero-order valence-corrected chi connectivity index (χ0v) is 30.8. The van der Waals surface area contributed by atoms with Gasteiger partial charge < -0.3 is 5.11 Å². The predicted molar refractivity (Wildman–Crippen MR) is 198 cm³/mol. The maximum Gasteiger partial charge on any atom is 0.306 e. The van der Waals surface area contributed by atoms with Crippen LogP contribution in [0.5, 0.6) is 0 Å². The largest absolute Gasteiger partial charge is 0.481 e. The Labute approximate surface area is 279 Å². The van der Waals surface area contributed by atoms with E-state index in [9.17, 15) is 9.90 Å². The fourth-order valence-electron chi connectivity index (χ4n) is 6.98. The molecule has 0 amide bonds. The van der Waals surface area contributed by atoms with E-state index in [-0.39, 0.29) is 5.92 Å². The smallest absolute Gasteiger partial charge is 0.306 e. The van der Waals surface area contributed by atoms with Crippen molar-refractivity contribution in [2.75, 3.05) is 0 Å². The van der Waals surface area contributed by atoms with Crippen molar-refractivity contribution >= 4 is 5.97 Å². The summed E-state index contributed by atoms with van der Waals surface area (Å²) in [4.78, 5) is 11.5. The van der Waals surface area contributed by atoms with Crippen LogP contribution >= 0.6 is 0 Å². The first kappa shape index (κ1) is 43.5. The molecule has 0 aliphatic rings. The van der Waals surface area contributed by atoms with Gasteiger partial charge in [-0.1, -0.05) is 245 Å². The SMILES string of the molecule is CCCCCCCCCCCCCCCCCCCCCCCCCCCCCCCCCCC(CCCCCC)C(=O)O. The summed E-state index contributed by atoms with van der Waals surface area (Å²) in [6.45, 7) is 4.51. The number of carboxylic acids is 1. The van der Waals surface area contributed by atoms with Gasteiger partial charge in [0.25, 0.3) is 0 Å². The molecular formula is C42H84O2. The zero-order valence-electron chi connectivity index (χ0n) is 30.8. The second-order valence-electron chi connectivity index (χ2n) is 14.6. The number of aliphatic carboxylic acids is 1. The quantitative estimate of drug-likeness (QED) is 0.0694. The Morgan fingerprint density at radius 1 is 0.318 bits per heavy atom. The summed E-state index contributed by atoms with van der Waals surface area (Å²) in [5.74, 6) is -0.664. The van der Waals surface area contributed by atoms with Crippen LogP contribution in [-0.2, 0) is 4.79 Å². The van der Waals surface area contributed by atoms with Gasteiger partial charge in [0.1, 0.15) is 0 Å². The molecule has 0 aromatic carbocycles. The lowest BCUT2D eigenvalue weighted by molar-refractivity contribution is -0.142. The van der Waals surface area contributed by atoms with Gasteiger partial charge in [-0.05, 0) is 12.8 Å². The van der Waals surface area contributed by atoms with Crippen LogP contribution in [0.3, 0.4) is 0 Å². The summed E-state index contributed by atoms with van der Waals surface area (Å²) < 4.78 is 0. The van der Waals surface area contributed by atoms with Gasteiger partial charge in [-0.15, -0.1) is 0 Å². The summed E-state index contributed by atoms with van der Waals surface area (Å²) in [7, 11) is 0. The van der Waals surface area contributed by atoms with Gasteiger partial charge in [0.05, 0.1) is 5.92 Å². The standard InChI is InChI=1S/C42H84O2/c1-3-5-7-9-10-11-12-13-14-15-16-17-18-19-20-21-22-23-24-25-26-27-28-29-30-31-32-33-34-35-36-38-40-41(42(43)44)39-37-8-6-4-2/h41H,3-40H2,1-2H3,(H,43,44). The lowest BCUT2D eigenvalue weighted by atomic mass is 9.94. The summed E-state index contributed by atoms with van der Waals surface area (Å²) >= 11 is 0. The molecule has 264 valence electrons. The molecule has 0 aromatic rings. The lowest BCUT2D eigenvalue weighted by Gasteiger charge is -2.12. The molecule has 44 heavy (non-hydrogen) atoms. The van der Waals surface area contributed by atoms with Crippen LogP contribution < -0.4 is 0 Å². The molecule has 0 aliphatic heterocycles. The van der Waals surface area contributed by atoms with Crippen molar-refractivity contribution in [3.05, 3.63) is 0 Å². The van der Waals surface area contributed by atoms with Crippen molar-refractivity contribution in [3.8, 4) is 0 Å². The average molecular weight is 621 g/mol. The first-order chi connectivity index (χ1) is 21.7. The van der Waals surface area contributed by atoms with Gasteiger partial charge in [0.2, 0.25) is 0 Å². The van der Waals surface area contributed by atoms with Gasteiger partial charge in [-0.25, -0.2) is 0 Å². The Hall–Kier alpha value is -0.530. The molecule has 0 bridgehead atoms. The molecule has 0 rings (SSSR count). The Morgan fingerprint density at radius 2 is 0.477 bits per heavy atom. The number of carbonyl (C=O) groups is 1. The maximum atomic E-state index is 11.5. The highest BCUT2D eigenvalue weighted by Crippen LogP contribution is 2.20. The first-order valence-electron chi connectivity index (χ1n) is 20.9. The third-order valence-electron chi connectivity index (χ3n) is 10.2. The van der Waals surface area contributed by atoms with E-state index in [0.29, 0.717) is 0 Å². The Morgan fingerprint density at radius 3 is 0.659 bits per heavy atom. The molecule has 0 aromatic heterocycles. The summed E-state index contributed by atoms with van der Waals surface area (Å²) in [5.41, 5.74) is 0. The normalized spacial score (nSPS) is 12.2. The van der Waals surface area contributed by atoms with E-state index in [2.05, 4.69) is 13.8 Å². The van der Waals surface area contributed by atoms with Crippen LogP contribution in [0.15, 0.2) is 0 Å². The lowest BCUT2D eigenvalue weighted by Crippen LogP contribution is -2.13. The van der Waals surface area contributed by atoms with Crippen molar-refractivity contribution in [3.63, 3.8) is 0 Å². The van der Waals surface area contributed by atoms with Crippen molar-refractivity contribution < 1.29 is 9.90 Å². The number of hydrogen-bond donors (Lipinski definition) is 1. The van der Waals surface area contributed by atoms with Gasteiger partial charge in [0.15, 0.2) is 0 Å². The van der Waals surface area contributed by atoms with Crippen LogP contribution in [-0.4, -0.2) is 11.1 Å². The van der Waals surface area contributed by atoms with Crippen molar-refractivity contribution in [1.82, 2.24) is 0 Å². The molecule has 0 heterocycles. The number of rotatable bonds is 39. The molecule has 1 atom stereocenters. The molecule has 1 unspecified atom stereocenters. The van der Waals surface area contributed by atoms with Gasteiger partial charge in [0, 0.05) is 0 Å². The number of carboxylic acid groups (broad SMARTS) is 1. The summed E-state index contributed by atoms with van der Waals surface area (Å²) in [5, 5.41) is 9.45. The third-order valence-corrected chi connectivity index (χ3v) is 10.2. The van der Waals surface area contributed by atoms with Crippen LogP contribution in [0.2, 0.25) is 0 Å². The van der Waals surface area contributed by atoms with E-state index in [0.717, 1.165) is 25.7 Å². The van der Waals surface area contributed by atoms with Gasteiger partial charge >= 0.3 is 5.97 Å². The van der Waals surface area contributed by atoms with Crippen LogP contribution in [0.4, 0.5) is 0 Å². The van der Waals surface area contributed by atoms with E-state index in [1.165, 1.54) is 218 Å². The molecule has 0 aliphatic carbocycles. The molecule has 0 saturated heterocycles. The summed E-state index contributed by atoms with van der Waals surface area (Å²) in [6.07, 6.45) is 52.2. The van der Waals surface area contributed by atoms with E-state index < -0.39 is 5.97 Å². The topological polar surface area (TPSA) is 37.3 Å². The van der Waals surface area contributed by atoms with E-state index in [1.807, 2.05) is 0 Å². The molecule has 0 fully saturated rings. The fourth-order valence-corrected chi connectivity index (χ4v) is 6.98. The second kappa shape index (κ2) is 38.7. The monoisotopic (exact) mass is 621 g/mol. The molecule has 1 N–H and O–H groups in total. The van der Waals surface area contributed by atoms with E-state index in [1.54, 1.807) is 0 Å². The summed E-state index contributed by atoms with van der Waals surface area (Å²) in [6, 6.07) is 0. The third kappa shape index (κ3) is 35.9. The molecule has 2 heteroatoms. The molecular weight excluding hydrogens is 536 g/mol. The van der Waals surface area contributed by atoms with Gasteiger partial charge in [-0.2, -0.15) is 0 Å². The highest BCUT2D eigenvalue weighted by molar-refractivity contribution is 5.69. The van der Waals surface area contributed by atoms with E-state index in [4.69, 9.17) is 0 Å². The highest BCUT2D eigenvalue weighted by atomic mass is 16.4. The second-order valence-corrected chi connectivity index (χ2v) is 14.6. The Balaban J connectivity index is 3.17. The first-order valence-corrected chi connectivity index (χ1v) is 20.9. The predicted octanol–water partition coefficient (Wildman–Crippen LogP) is 15.6. The molecule has 0 saturated carbocycles. The van der Waals surface area contributed by atoms with E-state index >= 15 is 0 Å². The minimum atomic E-state index is -0.567. The fraction of sp³-hybridized carbons (Fsp3) is 0.976. The van der Waals surface area contributed by atoms with Crippen molar-refractivity contribution in [2.24, 2.45) is 5.92 Å². The van der Waals surface area contributed by atoms with Crippen LogP contribution in [0, 0.1) is 5.92 Å². The minimum Gasteiger partial charge on any atom is -0.481 e. The minimum absolute atomic E-state index is 0.0969.